The zero-order valence-electron chi connectivity index (χ0n) is 16.5. The number of aryl methyl sites for hydroxylation is 1. The molecule has 0 aromatic heterocycles. The number of anilines is 1. The number of rotatable bonds is 3. The second-order valence-corrected chi connectivity index (χ2v) is 7.27. The highest BCUT2D eigenvalue weighted by Crippen LogP contribution is 2.31. The molecular formula is C23H26N2O3. The molecule has 1 amide bonds. The van der Waals surface area contributed by atoms with E-state index >= 15 is 0 Å². The third kappa shape index (κ3) is 3.84. The molecule has 0 radical (unpaired) electrons. The minimum Gasteiger partial charge on any atom is -0.486 e. The summed E-state index contributed by atoms with van der Waals surface area (Å²) in [5.74, 6) is 1.55. The maximum absolute atomic E-state index is 12.6. The van der Waals surface area contributed by atoms with E-state index in [1.54, 1.807) is 6.08 Å². The SMILES string of the molecule is Cc1cccc(N2CCN(C(=O)/C=C/c3ccc4c(c3)OCCO4)CC2)c1C. The number of hydrogen-bond donors (Lipinski definition) is 0. The molecule has 1 saturated heterocycles. The van der Waals surface area contributed by atoms with Crippen molar-refractivity contribution in [3.8, 4) is 11.5 Å². The van der Waals surface area contributed by atoms with E-state index in [0.29, 0.717) is 13.2 Å². The first-order valence-electron chi connectivity index (χ1n) is 9.79. The molecule has 2 aromatic rings. The quantitative estimate of drug-likeness (QED) is 0.768. The van der Waals surface area contributed by atoms with E-state index in [1.807, 2.05) is 29.2 Å². The largest absolute Gasteiger partial charge is 0.486 e. The van der Waals surface area contributed by atoms with Gasteiger partial charge in [-0.25, -0.2) is 0 Å². The maximum Gasteiger partial charge on any atom is 0.246 e. The fraction of sp³-hybridized carbons (Fsp3) is 0.348. The van der Waals surface area contributed by atoms with Gasteiger partial charge >= 0.3 is 0 Å². The Morgan fingerprint density at radius 2 is 1.71 bits per heavy atom. The molecule has 0 aliphatic carbocycles. The summed E-state index contributed by atoms with van der Waals surface area (Å²) >= 11 is 0. The lowest BCUT2D eigenvalue weighted by Crippen LogP contribution is -2.48. The molecule has 1 fully saturated rings. The highest BCUT2D eigenvalue weighted by molar-refractivity contribution is 5.92. The molecule has 2 aromatic carbocycles. The van der Waals surface area contributed by atoms with Gasteiger partial charge < -0.3 is 19.3 Å². The van der Waals surface area contributed by atoms with Crippen molar-refractivity contribution in [3.05, 3.63) is 59.2 Å². The molecule has 28 heavy (non-hydrogen) atoms. The Balaban J connectivity index is 1.36. The van der Waals surface area contributed by atoms with Crippen LogP contribution in [0.1, 0.15) is 16.7 Å². The van der Waals surface area contributed by atoms with Gasteiger partial charge in [-0.1, -0.05) is 18.2 Å². The van der Waals surface area contributed by atoms with Gasteiger partial charge in [0.1, 0.15) is 13.2 Å². The Kier molecular flexibility index (Phi) is 5.24. The maximum atomic E-state index is 12.6. The van der Waals surface area contributed by atoms with Crippen LogP contribution in [0.2, 0.25) is 0 Å². The molecule has 0 atom stereocenters. The van der Waals surface area contributed by atoms with E-state index < -0.39 is 0 Å². The van der Waals surface area contributed by atoms with E-state index in [0.717, 1.165) is 43.2 Å². The first kappa shape index (κ1) is 18.4. The summed E-state index contributed by atoms with van der Waals surface area (Å²) in [6, 6.07) is 12.2. The summed E-state index contributed by atoms with van der Waals surface area (Å²) in [6.45, 7) is 8.62. The smallest absolute Gasteiger partial charge is 0.246 e. The number of piperazine rings is 1. The number of amides is 1. The lowest BCUT2D eigenvalue weighted by molar-refractivity contribution is -0.126. The Hall–Kier alpha value is -2.95. The standard InChI is InChI=1S/C23H26N2O3/c1-17-4-3-5-20(18(17)2)24-10-12-25(13-11-24)23(26)9-7-19-6-8-21-22(16-19)28-15-14-27-21/h3-9,16H,10-15H2,1-2H3/b9-7+. The van der Waals surface area contributed by atoms with Crippen LogP contribution in [0.15, 0.2) is 42.5 Å². The Labute approximate surface area is 166 Å². The van der Waals surface area contributed by atoms with Crippen LogP contribution in [0.3, 0.4) is 0 Å². The van der Waals surface area contributed by atoms with Crippen molar-refractivity contribution in [1.29, 1.82) is 0 Å². The Morgan fingerprint density at radius 1 is 0.964 bits per heavy atom. The first-order chi connectivity index (χ1) is 13.6. The van der Waals surface area contributed by atoms with Crippen molar-refractivity contribution in [2.75, 3.05) is 44.3 Å². The van der Waals surface area contributed by atoms with Gasteiger partial charge in [-0.15, -0.1) is 0 Å². The van der Waals surface area contributed by atoms with Crippen LogP contribution in [0.25, 0.3) is 6.08 Å². The Bertz CT molecular complexity index is 899. The molecule has 0 N–H and O–H groups in total. The summed E-state index contributed by atoms with van der Waals surface area (Å²) in [5, 5.41) is 0. The number of carbonyl (C=O) groups excluding carboxylic acids is 1. The molecule has 0 spiro atoms. The minimum absolute atomic E-state index is 0.0514. The number of nitrogens with zero attached hydrogens (tertiary/aromatic N) is 2. The average molecular weight is 378 g/mol. The van der Waals surface area contributed by atoms with Crippen LogP contribution >= 0.6 is 0 Å². The topological polar surface area (TPSA) is 42.0 Å². The molecule has 2 aliphatic heterocycles. The van der Waals surface area contributed by atoms with Crippen LogP contribution in [0.5, 0.6) is 11.5 Å². The van der Waals surface area contributed by atoms with Crippen molar-refractivity contribution in [2.24, 2.45) is 0 Å². The summed E-state index contributed by atoms with van der Waals surface area (Å²) in [4.78, 5) is 16.9. The lowest BCUT2D eigenvalue weighted by atomic mass is 10.1. The van der Waals surface area contributed by atoms with Gasteiger partial charge in [0.25, 0.3) is 0 Å². The first-order valence-corrected chi connectivity index (χ1v) is 9.79. The van der Waals surface area contributed by atoms with Crippen molar-refractivity contribution in [1.82, 2.24) is 4.90 Å². The fourth-order valence-electron chi connectivity index (χ4n) is 3.68. The summed E-state index contributed by atoms with van der Waals surface area (Å²) < 4.78 is 11.1. The summed E-state index contributed by atoms with van der Waals surface area (Å²) in [5.41, 5.74) is 4.84. The van der Waals surface area contributed by atoms with Crippen molar-refractivity contribution in [2.45, 2.75) is 13.8 Å². The normalized spacial score (nSPS) is 16.5. The minimum atomic E-state index is 0.0514. The zero-order valence-corrected chi connectivity index (χ0v) is 16.5. The van der Waals surface area contributed by atoms with E-state index in [9.17, 15) is 4.79 Å². The monoisotopic (exact) mass is 378 g/mol. The zero-order chi connectivity index (χ0) is 19.5. The number of fused-ring (bicyclic) bond motifs is 1. The van der Waals surface area contributed by atoms with Gasteiger partial charge in [0.2, 0.25) is 5.91 Å². The number of benzene rings is 2. The van der Waals surface area contributed by atoms with Gasteiger partial charge in [-0.3, -0.25) is 4.79 Å². The second kappa shape index (κ2) is 7.97. The van der Waals surface area contributed by atoms with Gasteiger partial charge in [0, 0.05) is 37.9 Å². The van der Waals surface area contributed by atoms with E-state index in [2.05, 4.69) is 36.9 Å². The van der Waals surface area contributed by atoms with Crippen LogP contribution in [0.4, 0.5) is 5.69 Å². The van der Waals surface area contributed by atoms with E-state index in [4.69, 9.17) is 9.47 Å². The van der Waals surface area contributed by atoms with E-state index in [1.165, 1.54) is 16.8 Å². The van der Waals surface area contributed by atoms with Gasteiger partial charge in [0.05, 0.1) is 0 Å². The molecule has 2 aliphatic rings. The highest BCUT2D eigenvalue weighted by Gasteiger charge is 2.21. The van der Waals surface area contributed by atoms with Crippen LogP contribution < -0.4 is 14.4 Å². The summed E-state index contributed by atoms with van der Waals surface area (Å²) in [7, 11) is 0. The predicted molar refractivity (Wildman–Crippen MR) is 111 cm³/mol. The number of carbonyl (C=O) groups is 1. The molecule has 5 nitrogen and oxygen atoms in total. The molecule has 0 saturated carbocycles. The van der Waals surface area contributed by atoms with Crippen LogP contribution in [-0.2, 0) is 4.79 Å². The lowest BCUT2D eigenvalue weighted by Gasteiger charge is -2.36. The molecule has 0 unspecified atom stereocenters. The third-order valence-electron chi connectivity index (χ3n) is 5.49. The number of hydrogen-bond acceptors (Lipinski definition) is 4. The summed E-state index contributed by atoms with van der Waals surface area (Å²) in [6.07, 6.45) is 3.50. The molecule has 5 heteroatoms. The van der Waals surface area contributed by atoms with Crippen molar-refractivity contribution >= 4 is 17.7 Å². The molecule has 4 rings (SSSR count). The van der Waals surface area contributed by atoms with Gasteiger partial charge in [-0.2, -0.15) is 0 Å². The second-order valence-electron chi connectivity index (χ2n) is 7.27. The fourth-order valence-corrected chi connectivity index (χ4v) is 3.68. The highest BCUT2D eigenvalue weighted by atomic mass is 16.6. The predicted octanol–water partition coefficient (Wildman–Crippen LogP) is 3.44. The van der Waals surface area contributed by atoms with Gasteiger partial charge in [-0.05, 0) is 54.8 Å². The number of ether oxygens (including phenoxy) is 2. The van der Waals surface area contributed by atoms with Crippen LogP contribution in [-0.4, -0.2) is 50.2 Å². The molecule has 146 valence electrons. The third-order valence-corrected chi connectivity index (χ3v) is 5.49. The molecule has 0 bridgehead atoms. The van der Waals surface area contributed by atoms with Crippen LogP contribution in [0, 0.1) is 13.8 Å². The van der Waals surface area contributed by atoms with Gasteiger partial charge in [0.15, 0.2) is 11.5 Å². The Morgan fingerprint density at radius 3 is 2.50 bits per heavy atom. The average Bonchev–Trinajstić information content (AvgIpc) is 2.74. The van der Waals surface area contributed by atoms with Crippen molar-refractivity contribution < 1.29 is 14.3 Å². The molecule has 2 heterocycles. The van der Waals surface area contributed by atoms with E-state index in [-0.39, 0.29) is 5.91 Å². The molecular weight excluding hydrogens is 352 g/mol. The van der Waals surface area contributed by atoms with Crippen molar-refractivity contribution in [3.63, 3.8) is 0 Å².